The molecule has 0 aliphatic carbocycles. The van der Waals surface area contributed by atoms with Gasteiger partial charge in [0.25, 0.3) is 0 Å². The van der Waals surface area contributed by atoms with Crippen molar-refractivity contribution < 1.29 is 4.42 Å². The molecule has 0 amide bonds. The van der Waals surface area contributed by atoms with E-state index in [1.54, 1.807) is 0 Å². The van der Waals surface area contributed by atoms with Gasteiger partial charge >= 0.3 is 0 Å². The molecule has 0 saturated carbocycles. The zero-order chi connectivity index (χ0) is 45.3. The van der Waals surface area contributed by atoms with Crippen LogP contribution in [0.1, 0.15) is 105 Å². The summed E-state index contributed by atoms with van der Waals surface area (Å²) in [5.74, 6) is 0. The van der Waals surface area contributed by atoms with Gasteiger partial charge in [-0.1, -0.05) is 198 Å². The van der Waals surface area contributed by atoms with Crippen molar-refractivity contribution in [3.63, 3.8) is 0 Å². The Kier molecular flexibility index (Phi) is 10.5. The molecule has 0 saturated heterocycles. The molecule has 9 aromatic rings. The Hall–Kier alpha value is -6.38. The lowest BCUT2D eigenvalue weighted by atomic mass is 9.78. The second-order valence-electron chi connectivity index (χ2n) is 22.0. The van der Waals surface area contributed by atoms with Crippen LogP contribution in [0.25, 0.3) is 66.1 Å². The molecule has 2 heteroatoms. The number of fused-ring (bicyclic) bond motifs is 4. The summed E-state index contributed by atoms with van der Waals surface area (Å²) in [7, 11) is 0. The van der Waals surface area contributed by atoms with Gasteiger partial charge in [-0.2, -0.15) is 0 Å². The summed E-state index contributed by atoms with van der Waals surface area (Å²) in [6, 6.07) is 61.1. The van der Waals surface area contributed by atoms with Gasteiger partial charge in [-0.15, -0.1) is 0 Å². The summed E-state index contributed by atoms with van der Waals surface area (Å²) >= 11 is 0. The summed E-state index contributed by atoms with van der Waals surface area (Å²) < 4.78 is 6.32. The first kappa shape index (κ1) is 42.9. The van der Waals surface area contributed by atoms with Crippen LogP contribution in [0, 0.1) is 0 Å². The Morgan fingerprint density at radius 2 is 0.844 bits per heavy atom. The van der Waals surface area contributed by atoms with Gasteiger partial charge < -0.3 is 9.32 Å². The normalized spacial score (nSPS) is 12.7. The smallest absolute Gasteiger partial charge is 0.136 e. The fourth-order valence-electron chi connectivity index (χ4n) is 9.09. The lowest BCUT2D eigenvalue weighted by molar-refractivity contribution is 0.568. The predicted octanol–water partition coefficient (Wildman–Crippen LogP) is 18.4. The Bertz CT molecular complexity index is 3120. The fourth-order valence-corrected chi connectivity index (χ4v) is 9.09. The molecule has 322 valence electrons. The van der Waals surface area contributed by atoms with Crippen molar-refractivity contribution in [3.8, 4) is 33.4 Å². The number of nitrogens with zero attached hydrogens (tertiary/aromatic N) is 1. The van der Waals surface area contributed by atoms with Crippen molar-refractivity contribution in [1.29, 1.82) is 0 Å². The van der Waals surface area contributed by atoms with E-state index in [2.05, 4.69) is 240 Å². The van der Waals surface area contributed by atoms with E-state index in [0.29, 0.717) is 0 Å². The quantitative estimate of drug-likeness (QED) is 0.166. The Balaban J connectivity index is 1.26. The average Bonchev–Trinajstić information content (AvgIpc) is 3.63. The fraction of sp³-hybridized carbons (Fsp3) is 0.258. The van der Waals surface area contributed by atoms with Crippen LogP contribution in [0.2, 0.25) is 0 Å². The van der Waals surface area contributed by atoms with Crippen LogP contribution in [-0.2, 0) is 21.7 Å². The number of benzene rings is 8. The van der Waals surface area contributed by atoms with Crippen molar-refractivity contribution >= 4 is 49.8 Å². The van der Waals surface area contributed by atoms with Gasteiger partial charge in [0.2, 0.25) is 0 Å². The van der Waals surface area contributed by atoms with Crippen molar-refractivity contribution in [2.75, 3.05) is 4.90 Å². The highest BCUT2D eigenvalue weighted by atomic mass is 16.3. The summed E-state index contributed by atoms with van der Waals surface area (Å²) in [5, 5.41) is 4.77. The summed E-state index contributed by atoms with van der Waals surface area (Å²) in [4.78, 5) is 2.49. The molecular formula is C62H63NO. The average molecular weight is 838 g/mol. The third kappa shape index (κ3) is 8.16. The molecular weight excluding hydrogens is 775 g/mol. The third-order valence-electron chi connectivity index (χ3n) is 13.1. The zero-order valence-electron chi connectivity index (χ0n) is 39.9. The number of hydrogen-bond donors (Lipinski definition) is 0. The largest absolute Gasteiger partial charge is 0.456 e. The van der Waals surface area contributed by atoms with Gasteiger partial charge in [-0.3, -0.25) is 0 Å². The molecule has 0 unspecified atom stereocenters. The maximum Gasteiger partial charge on any atom is 0.136 e. The maximum absolute atomic E-state index is 6.32. The van der Waals surface area contributed by atoms with Crippen molar-refractivity contribution in [2.45, 2.75) is 105 Å². The highest BCUT2D eigenvalue weighted by Gasteiger charge is 2.27. The summed E-state index contributed by atoms with van der Waals surface area (Å²) in [6.45, 7) is 27.9. The van der Waals surface area contributed by atoms with Crippen LogP contribution in [0.3, 0.4) is 0 Å². The van der Waals surface area contributed by atoms with Gasteiger partial charge in [0.05, 0.1) is 5.69 Å². The predicted molar refractivity (Wildman–Crippen MR) is 277 cm³/mol. The van der Waals surface area contributed by atoms with E-state index in [1.165, 1.54) is 55.3 Å². The Morgan fingerprint density at radius 1 is 0.344 bits per heavy atom. The second kappa shape index (κ2) is 15.7. The van der Waals surface area contributed by atoms with Crippen LogP contribution in [-0.4, -0.2) is 0 Å². The first-order chi connectivity index (χ1) is 30.2. The van der Waals surface area contributed by atoms with E-state index in [1.807, 2.05) is 12.1 Å². The van der Waals surface area contributed by atoms with Crippen molar-refractivity contribution in [3.05, 3.63) is 186 Å². The molecule has 0 aliphatic rings. The van der Waals surface area contributed by atoms with Crippen LogP contribution >= 0.6 is 0 Å². The lowest BCUT2D eigenvalue weighted by Crippen LogP contribution is -2.19. The van der Waals surface area contributed by atoms with Gasteiger partial charge in [-0.05, 0) is 131 Å². The lowest BCUT2D eigenvalue weighted by Gasteiger charge is -2.32. The first-order valence-electron chi connectivity index (χ1n) is 23.0. The highest BCUT2D eigenvalue weighted by molar-refractivity contribution is 6.09. The summed E-state index contributed by atoms with van der Waals surface area (Å²) in [6.07, 6.45) is 0. The molecule has 1 heterocycles. The molecule has 0 radical (unpaired) electrons. The van der Waals surface area contributed by atoms with Crippen LogP contribution in [0.5, 0.6) is 0 Å². The molecule has 0 N–H and O–H groups in total. The van der Waals surface area contributed by atoms with E-state index in [9.17, 15) is 0 Å². The van der Waals surface area contributed by atoms with E-state index < -0.39 is 0 Å². The molecule has 8 aromatic carbocycles. The number of furan rings is 1. The maximum atomic E-state index is 6.32. The van der Waals surface area contributed by atoms with E-state index in [-0.39, 0.29) is 21.7 Å². The van der Waals surface area contributed by atoms with E-state index in [4.69, 9.17) is 4.42 Å². The summed E-state index contributed by atoms with van der Waals surface area (Å²) in [5.41, 5.74) is 17.6. The highest BCUT2D eigenvalue weighted by Crippen LogP contribution is 2.47. The monoisotopic (exact) mass is 837 g/mol. The number of para-hydroxylation sites is 2. The number of rotatable bonds is 6. The van der Waals surface area contributed by atoms with Crippen molar-refractivity contribution in [1.82, 2.24) is 0 Å². The van der Waals surface area contributed by atoms with Gasteiger partial charge in [0, 0.05) is 27.7 Å². The van der Waals surface area contributed by atoms with Gasteiger partial charge in [0.1, 0.15) is 11.2 Å². The van der Waals surface area contributed by atoms with Gasteiger partial charge in [-0.25, -0.2) is 0 Å². The minimum Gasteiger partial charge on any atom is -0.456 e. The molecule has 0 fully saturated rings. The molecule has 64 heavy (non-hydrogen) atoms. The Morgan fingerprint density at radius 3 is 1.45 bits per heavy atom. The van der Waals surface area contributed by atoms with E-state index >= 15 is 0 Å². The molecule has 1 aromatic heterocycles. The zero-order valence-corrected chi connectivity index (χ0v) is 39.9. The minimum atomic E-state index is -0.0572. The second-order valence-corrected chi connectivity index (χ2v) is 22.0. The molecule has 0 bridgehead atoms. The minimum absolute atomic E-state index is 0.000249. The van der Waals surface area contributed by atoms with Crippen LogP contribution < -0.4 is 4.90 Å². The molecule has 0 aliphatic heterocycles. The van der Waals surface area contributed by atoms with E-state index in [0.717, 1.165) is 50.1 Å². The topological polar surface area (TPSA) is 16.4 Å². The third-order valence-corrected chi connectivity index (χ3v) is 13.1. The van der Waals surface area contributed by atoms with Crippen LogP contribution in [0.15, 0.2) is 168 Å². The van der Waals surface area contributed by atoms with Crippen LogP contribution in [0.4, 0.5) is 17.1 Å². The molecule has 2 nitrogen and oxygen atoms in total. The SMILES string of the molecule is CC(C)(C)c1cc(-c2cccc3cccc(-c4ccccc4N(c4ccc(-c5ccc6c(c5)oc5ccccc56)cc4)c4cc(C(C)(C)C)cc(C(C)(C)C)c4)c23)cc(C(C)(C)C)c1. The number of hydrogen-bond acceptors (Lipinski definition) is 2. The first-order valence-corrected chi connectivity index (χ1v) is 23.0. The molecule has 0 spiro atoms. The molecule has 9 rings (SSSR count). The standard InChI is InChI=1S/C62H63NO/c1-59(2,3)44-33-43(34-45(36-44)60(4,5)6)50-23-17-19-41-20-18-24-54(58(41)50)51-21-13-15-25-55(51)63(49-38-46(61(7,8)9)37-47(39-49)62(10,11)12)48-30-27-40(28-31-48)42-29-32-53-52-22-14-16-26-56(52)64-57(53)35-42/h13-39H,1-12H3. The Labute approximate surface area is 381 Å². The van der Waals surface area contributed by atoms with Gasteiger partial charge in [0.15, 0.2) is 0 Å². The number of anilines is 3. The molecule has 0 atom stereocenters. The van der Waals surface area contributed by atoms with Crippen molar-refractivity contribution in [2.24, 2.45) is 0 Å².